The Morgan fingerprint density at radius 2 is 1.48 bits per heavy atom. The second kappa shape index (κ2) is 8.39. The minimum absolute atomic E-state index is 0.0641. The van der Waals surface area contributed by atoms with Crippen molar-refractivity contribution in [1.82, 2.24) is 0 Å². The first-order valence-electron chi connectivity index (χ1n) is 8.07. The van der Waals surface area contributed by atoms with E-state index in [0.29, 0.717) is 4.90 Å². The summed E-state index contributed by atoms with van der Waals surface area (Å²) in [6, 6.07) is 12.1. The third kappa shape index (κ3) is 6.00. The number of likely N-dealkylation sites (N-methyl/N-ethyl adjacent to an activating group) is 1. The highest BCUT2D eigenvalue weighted by molar-refractivity contribution is 5.93. The molecule has 1 atom stereocenters. The maximum Gasteiger partial charge on any atom is 0.279 e. The van der Waals surface area contributed by atoms with E-state index in [1.165, 1.54) is 12.1 Å². The number of carbonyl (C=O) groups excluding carboxylic acids is 2. The SMILES string of the molecule is Cc1ccc(NC(=O)C[NH+](C)CC(=O)Nc2ccc(C)cc2F)cc1. The van der Waals surface area contributed by atoms with Gasteiger partial charge in [-0.25, -0.2) is 4.39 Å². The van der Waals surface area contributed by atoms with Crippen molar-refractivity contribution in [2.24, 2.45) is 0 Å². The number of benzene rings is 2. The minimum Gasteiger partial charge on any atom is -0.322 e. The number of aryl methyl sites for hydroxylation is 2. The van der Waals surface area contributed by atoms with Gasteiger partial charge in [-0.05, 0) is 43.7 Å². The molecule has 0 saturated carbocycles. The molecule has 2 aromatic rings. The summed E-state index contributed by atoms with van der Waals surface area (Å²) in [5.74, 6) is -0.998. The highest BCUT2D eigenvalue weighted by Gasteiger charge is 2.15. The van der Waals surface area contributed by atoms with Crippen molar-refractivity contribution in [3.05, 3.63) is 59.4 Å². The molecule has 2 rings (SSSR count). The fourth-order valence-electron chi connectivity index (χ4n) is 2.37. The molecule has 0 aliphatic carbocycles. The zero-order chi connectivity index (χ0) is 18.4. The largest absolute Gasteiger partial charge is 0.322 e. The molecule has 0 heterocycles. The zero-order valence-corrected chi connectivity index (χ0v) is 14.7. The number of halogens is 1. The van der Waals surface area contributed by atoms with Gasteiger partial charge in [0.2, 0.25) is 0 Å². The van der Waals surface area contributed by atoms with E-state index in [1.54, 1.807) is 20.0 Å². The molecule has 0 saturated heterocycles. The predicted molar refractivity (Wildman–Crippen MR) is 96.2 cm³/mol. The molecule has 0 aliphatic heterocycles. The lowest BCUT2D eigenvalue weighted by Gasteiger charge is -2.14. The monoisotopic (exact) mass is 344 g/mol. The van der Waals surface area contributed by atoms with Crippen molar-refractivity contribution >= 4 is 23.2 Å². The van der Waals surface area contributed by atoms with Gasteiger partial charge >= 0.3 is 0 Å². The second-order valence-electron chi connectivity index (χ2n) is 6.26. The molecule has 5 nitrogen and oxygen atoms in total. The van der Waals surface area contributed by atoms with Gasteiger partial charge in [-0.1, -0.05) is 23.8 Å². The molecule has 3 N–H and O–H groups in total. The highest BCUT2D eigenvalue weighted by atomic mass is 19.1. The molecule has 2 amide bonds. The van der Waals surface area contributed by atoms with Crippen LogP contribution in [0.5, 0.6) is 0 Å². The molecule has 25 heavy (non-hydrogen) atoms. The second-order valence-corrected chi connectivity index (χ2v) is 6.26. The molecule has 0 fully saturated rings. The smallest absolute Gasteiger partial charge is 0.279 e. The van der Waals surface area contributed by atoms with Gasteiger partial charge in [0.15, 0.2) is 13.1 Å². The van der Waals surface area contributed by atoms with Crippen LogP contribution < -0.4 is 15.5 Å². The Bertz CT molecular complexity index is 760. The van der Waals surface area contributed by atoms with E-state index < -0.39 is 5.82 Å². The summed E-state index contributed by atoms with van der Waals surface area (Å²) in [7, 11) is 1.74. The first-order chi connectivity index (χ1) is 11.8. The van der Waals surface area contributed by atoms with Crippen molar-refractivity contribution in [2.75, 3.05) is 30.8 Å². The first kappa shape index (κ1) is 18.6. The number of hydrogen-bond acceptors (Lipinski definition) is 2. The summed E-state index contributed by atoms with van der Waals surface area (Å²) < 4.78 is 13.7. The molecule has 0 aromatic heterocycles. The summed E-state index contributed by atoms with van der Waals surface area (Å²) >= 11 is 0. The van der Waals surface area contributed by atoms with Crippen LogP contribution in [0.4, 0.5) is 15.8 Å². The number of rotatable bonds is 6. The lowest BCUT2D eigenvalue weighted by Crippen LogP contribution is -3.11. The quantitative estimate of drug-likeness (QED) is 0.744. The van der Waals surface area contributed by atoms with Gasteiger partial charge in [-0.15, -0.1) is 0 Å². The van der Waals surface area contributed by atoms with E-state index in [0.717, 1.165) is 16.8 Å². The molecule has 0 bridgehead atoms. The van der Waals surface area contributed by atoms with Crippen LogP contribution in [0, 0.1) is 19.7 Å². The Labute approximate surface area is 146 Å². The summed E-state index contributed by atoms with van der Waals surface area (Å²) in [5, 5.41) is 5.32. The molecular weight excluding hydrogens is 321 g/mol. The molecule has 0 aliphatic rings. The average Bonchev–Trinajstić information content (AvgIpc) is 2.52. The third-order valence-corrected chi connectivity index (χ3v) is 3.66. The standard InChI is InChI=1S/C19H22FN3O2/c1-13-4-7-15(8-5-13)21-18(24)11-23(3)12-19(25)22-17-9-6-14(2)10-16(17)20/h4-10H,11-12H2,1-3H3,(H,21,24)(H,22,25)/p+1. The van der Waals surface area contributed by atoms with E-state index in [-0.39, 0.29) is 30.6 Å². The van der Waals surface area contributed by atoms with Gasteiger partial charge in [-0.2, -0.15) is 0 Å². The molecule has 132 valence electrons. The third-order valence-electron chi connectivity index (χ3n) is 3.66. The van der Waals surface area contributed by atoms with E-state index in [9.17, 15) is 14.0 Å². The van der Waals surface area contributed by atoms with Gasteiger partial charge in [-0.3, -0.25) is 9.59 Å². The average molecular weight is 344 g/mol. The van der Waals surface area contributed by atoms with Crippen molar-refractivity contribution in [3.8, 4) is 0 Å². The van der Waals surface area contributed by atoms with Gasteiger partial charge in [0.25, 0.3) is 11.8 Å². The lowest BCUT2D eigenvalue weighted by molar-refractivity contribution is -0.862. The van der Waals surface area contributed by atoms with E-state index in [2.05, 4.69) is 10.6 Å². The number of quaternary nitrogens is 1. The van der Waals surface area contributed by atoms with Gasteiger partial charge < -0.3 is 15.5 Å². The van der Waals surface area contributed by atoms with E-state index in [4.69, 9.17) is 0 Å². The number of carbonyl (C=O) groups is 2. The minimum atomic E-state index is -0.469. The Morgan fingerprint density at radius 3 is 2.08 bits per heavy atom. The zero-order valence-electron chi connectivity index (χ0n) is 14.7. The molecule has 1 unspecified atom stereocenters. The fourth-order valence-corrected chi connectivity index (χ4v) is 2.37. The van der Waals surface area contributed by atoms with Crippen LogP contribution in [-0.4, -0.2) is 32.0 Å². The topological polar surface area (TPSA) is 62.6 Å². The molecule has 0 radical (unpaired) electrons. The molecule has 2 aromatic carbocycles. The lowest BCUT2D eigenvalue weighted by atomic mass is 10.2. The van der Waals surface area contributed by atoms with Crippen molar-refractivity contribution in [3.63, 3.8) is 0 Å². The van der Waals surface area contributed by atoms with Crippen molar-refractivity contribution in [2.45, 2.75) is 13.8 Å². The Balaban J connectivity index is 1.82. The number of anilines is 2. The van der Waals surface area contributed by atoms with Crippen LogP contribution in [0.3, 0.4) is 0 Å². The van der Waals surface area contributed by atoms with Gasteiger partial charge in [0.1, 0.15) is 5.82 Å². The van der Waals surface area contributed by atoms with Gasteiger partial charge in [0.05, 0.1) is 12.7 Å². The number of amides is 2. The van der Waals surface area contributed by atoms with Crippen LogP contribution in [0.15, 0.2) is 42.5 Å². The summed E-state index contributed by atoms with van der Waals surface area (Å²) in [6.45, 7) is 3.95. The Morgan fingerprint density at radius 1 is 0.920 bits per heavy atom. The van der Waals surface area contributed by atoms with Crippen LogP contribution in [0.25, 0.3) is 0 Å². The van der Waals surface area contributed by atoms with Crippen LogP contribution in [0.2, 0.25) is 0 Å². The molecular formula is C19H23FN3O2+. The van der Waals surface area contributed by atoms with Crippen LogP contribution in [0.1, 0.15) is 11.1 Å². The normalized spacial score (nSPS) is 11.7. The first-order valence-corrected chi connectivity index (χ1v) is 8.07. The van der Waals surface area contributed by atoms with E-state index in [1.807, 2.05) is 31.2 Å². The molecule has 0 spiro atoms. The highest BCUT2D eigenvalue weighted by Crippen LogP contribution is 2.14. The van der Waals surface area contributed by atoms with E-state index >= 15 is 0 Å². The number of hydrogen-bond donors (Lipinski definition) is 3. The summed E-state index contributed by atoms with van der Waals surface area (Å²) in [4.78, 5) is 24.7. The number of nitrogens with one attached hydrogen (secondary N) is 3. The fraction of sp³-hybridized carbons (Fsp3) is 0.263. The van der Waals surface area contributed by atoms with Crippen molar-refractivity contribution in [1.29, 1.82) is 0 Å². The predicted octanol–water partition coefficient (Wildman–Crippen LogP) is 1.53. The Hall–Kier alpha value is -2.73. The van der Waals surface area contributed by atoms with Crippen molar-refractivity contribution < 1.29 is 18.9 Å². The summed E-state index contributed by atoms with van der Waals surface area (Å²) in [6.07, 6.45) is 0. The summed E-state index contributed by atoms with van der Waals surface area (Å²) in [5.41, 5.74) is 2.76. The maximum atomic E-state index is 13.7. The van der Waals surface area contributed by atoms with Crippen LogP contribution >= 0.6 is 0 Å². The Kier molecular flexibility index (Phi) is 6.25. The van der Waals surface area contributed by atoms with Crippen LogP contribution in [-0.2, 0) is 9.59 Å². The maximum absolute atomic E-state index is 13.7. The van der Waals surface area contributed by atoms with Gasteiger partial charge in [0, 0.05) is 5.69 Å². The molecule has 6 heteroatoms.